The first kappa shape index (κ1) is 12.3. The van der Waals surface area contributed by atoms with Gasteiger partial charge in [-0.3, -0.25) is 0 Å². The first-order valence-electron chi connectivity index (χ1n) is 6.55. The molecule has 2 aromatic carbocycles. The van der Waals surface area contributed by atoms with Crippen molar-refractivity contribution in [1.29, 1.82) is 0 Å². The Bertz CT molecular complexity index is 609. The van der Waals surface area contributed by atoms with Crippen molar-refractivity contribution < 1.29 is 0 Å². The Morgan fingerprint density at radius 1 is 0.842 bits per heavy atom. The van der Waals surface area contributed by atoms with Crippen LogP contribution in [0.25, 0.3) is 5.57 Å². The van der Waals surface area contributed by atoms with Gasteiger partial charge in [-0.15, -0.1) is 11.8 Å². The van der Waals surface area contributed by atoms with E-state index in [2.05, 4.69) is 72.8 Å². The van der Waals surface area contributed by atoms with Crippen molar-refractivity contribution in [2.75, 3.05) is 5.75 Å². The molecule has 0 amide bonds. The highest BCUT2D eigenvalue weighted by atomic mass is 32.2. The Labute approximate surface area is 118 Å². The highest BCUT2D eigenvalue weighted by molar-refractivity contribution is 7.99. The normalized spacial score (nSPS) is 19.3. The maximum Gasteiger partial charge on any atom is 0.0238 e. The van der Waals surface area contributed by atoms with Gasteiger partial charge in [-0.25, -0.2) is 0 Å². The van der Waals surface area contributed by atoms with Gasteiger partial charge >= 0.3 is 0 Å². The van der Waals surface area contributed by atoms with Gasteiger partial charge in [0, 0.05) is 10.6 Å². The highest BCUT2D eigenvalue weighted by Crippen LogP contribution is 2.29. The van der Waals surface area contributed by atoms with Crippen LogP contribution in [0.15, 0.2) is 77.7 Å². The average molecular weight is 264 g/mol. The lowest BCUT2D eigenvalue weighted by Gasteiger charge is -2.09. The van der Waals surface area contributed by atoms with Crippen LogP contribution in [0.5, 0.6) is 0 Å². The summed E-state index contributed by atoms with van der Waals surface area (Å²) in [5, 5.41) is 0. The molecule has 1 heterocycles. The van der Waals surface area contributed by atoms with Crippen molar-refractivity contribution in [3.63, 3.8) is 0 Å². The fraction of sp³-hybridized carbons (Fsp3) is 0.111. The van der Waals surface area contributed by atoms with Gasteiger partial charge in [0.05, 0.1) is 0 Å². The fourth-order valence-electron chi connectivity index (χ4n) is 2.23. The summed E-state index contributed by atoms with van der Waals surface area (Å²) in [6.07, 6.45) is 7.69. The fourth-order valence-corrected chi connectivity index (χ4v) is 3.31. The van der Waals surface area contributed by atoms with Crippen molar-refractivity contribution in [2.45, 2.75) is 11.3 Å². The molecule has 0 spiro atoms. The van der Waals surface area contributed by atoms with Crippen LogP contribution in [0.1, 0.15) is 11.1 Å². The maximum atomic E-state index is 2.24. The van der Waals surface area contributed by atoms with Crippen LogP contribution in [-0.2, 0) is 6.42 Å². The molecule has 2 aromatic rings. The molecule has 0 nitrogen and oxygen atoms in total. The number of thioether (sulfide) groups is 1. The van der Waals surface area contributed by atoms with Gasteiger partial charge in [0.2, 0.25) is 0 Å². The second-order valence-corrected chi connectivity index (χ2v) is 5.60. The molecule has 0 bridgehead atoms. The van der Waals surface area contributed by atoms with E-state index in [9.17, 15) is 0 Å². The second kappa shape index (κ2) is 5.94. The van der Waals surface area contributed by atoms with E-state index in [0.717, 1.165) is 12.2 Å². The molecule has 0 saturated heterocycles. The lowest BCUT2D eigenvalue weighted by Crippen LogP contribution is -1.89. The minimum absolute atomic E-state index is 1.02. The summed E-state index contributed by atoms with van der Waals surface area (Å²) in [4.78, 5) is 1.40. The predicted molar refractivity (Wildman–Crippen MR) is 84.4 cm³/mol. The van der Waals surface area contributed by atoms with E-state index in [1.54, 1.807) is 0 Å². The number of fused-ring (bicyclic) bond motifs is 1. The zero-order valence-corrected chi connectivity index (χ0v) is 11.6. The lowest BCUT2D eigenvalue weighted by atomic mass is 10.1. The summed E-state index contributed by atoms with van der Waals surface area (Å²) in [5.41, 5.74) is 4.13. The average Bonchev–Trinajstić information content (AvgIpc) is 2.58. The number of rotatable bonds is 1. The molecule has 0 N–H and O–H groups in total. The van der Waals surface area contributed by atoms with E-state index >= 15 is 0 Å². The first-order chi connectivity index (χ1) is 9.43. The zero-order chi connectivity index (χ0) is 12.9. The van der Waals surface area contributed by atoms with Gasteiger partial charge < -0.3 is 0 Å². The quantitative estimate of drug-likeness (QED) is 0.700. The third-order valence-electron chi connectivity index (χ3n) is 3.27. The van der Waals surface area contributed by atoms with Crippen LogP contribution in [-0.4, -0.2) is 5.75 Å². The van der Waals surface area contributed by atoms with Crippen LogP contribution >= 0.6 is 11.8 Å². The standard InChI is InChI=1S/C18H16S/c1-2-8-15(9-3-1)17-12-5-4-10-16-11-6-7-13-18(16)19-14-17/h1-9,11-13H,10,14H2/b5-4-,17-12+. The SMILES string of the molecule is C1=C\Cc2ccccc2SC\C(c2ccccc2)=C/1. The van der Waals surface area contributed by atoms with E-state index in [1.807, 2.05) is 11.8 Å². The van der Waals surface area contributed by atoms with Gasteiger partial charge in [-0.05, 0) is 29.2 Å². The molecule has 0 radical (unpaired) electrons. The molecule has 0 atom stereocenters. The number of benzene rings is 2. The molecule has 3 rings (SSSR count). The van der Waals surface area contributed by atoms with Crippen LogP contribution in [0.4, 0.5) is 0 Å². The van der Waals surface area contributed by atoms with E-state index in [-0.39, 0.29) is 0 Å². The summed E-state index contributed by atoms with van der Waals surface area (Å²) >= 11 is 1.93. The smallest absolute Gasteiger partial charge is 0.0238 e. The van der Waals surface area contributed by atoms with Gasteiger partial charge in [0.15, 0.2) is 0 Å². The van der Waals surface area contributed by atoms with Gasteiger partial charge in [0.1, 0.15) is 0 Å². The van der Waals surface area contributed by atoms with Crippen molar-refractivity contribution in [3.05, 3.63) is 84.0 Å². The Kier molecular flexibility index (Phi) is 3.85. The van der Waals surface area contributed by atoms with Crippen LogP contribution in [0.3, 0.4) is 0 Å². The zero-order valence-electron chi connectivity index (χ0n) is 10.8. The Balaban J connectivity index is 1.91. The van der Waals surface area contributed by atoms with Crippen molar-refractivity contribution in [2.24, 2.45) is 0 Å². The Hall–Kier alpha value is -1.73. The molecule has 19 heavy (non-hydrogen) atoms. The predicted octanol–water partition coefficient (Wildman–Crippen LogP) is 4.97. The minimum Gasteiger partial charge on any atom is -0.121 e. The van der Waals surface area contributed by atoms with E-state index in [0.29, 0.717) is 0 Å². The molecular weight excluding hydrogens is 248 g/mol. The molecule has 0 aliphatic carbocycles. The summed E-state index contributed by atoms with van der Waals surface area (Å²) in [6, 6.07) is 19.3. The summed E-state index contributed by atoms with van der Waals surface area (Å²) < 4.78 is 0. The number of hydrogen-bond acceptors (Lipinski definition) is 1. The van der Waals surface area contributed by atoms with E-state index < -0.39 is 0 Å². The van der Waals surface area contributed by atoms with Crippen LogP contribution < -0.4 is 0 Å². The van der Waals surface area contributed by atoms with E-state index in [4.69, 9.17) is 0 Å². The molecule has 0 aromatic heterocycles. The number of hydrogen-bond donors (Lipinski definition) is 0. The van der Waals surface area contributed by atoms with Gasteiger partial charge in [-0.2, -0.15) is 0 Å². The minimum atomic E-state index is 1.02. The molecule has 1 heteroatoms. The molecule has 0 saturated carbocycles. The van der Waals surface area contributed by atoms with Crippen molar-refractivity contribution in [3.8, 4) is 0 Å². The molecular formula is C18H16S. The molecule has 94 valence electrons. The second-order valence-electron chi connectivity index (χ2n) is 4.59. The molecule has 0 unspecified atom stereocenters. The summed E-state index contributed by atoms with van der Waals surface area (Å²) in [5.74, 6) is 1.02. The van der Waals surface area contributed by atoms with Crippen molar-refractivity contribution in [1.82, 2.24) is 0 Å². The number of allylic oxidation sites excluding steroid dienone is 3. The first-order valence-corrected chi connectivity index (χ1v) is 7.54. The Morgan fingerprint density at radius 2 is 1.63 bits per heavy atom. The van der Waals surface area contributed by atoms with Gasteiger partial charge in [-0.1, -0.05) is 66.8 Å². The lowest BCUT2D eigenvalue weighted by molar-refractivity contribution is 1.18. The van der Waals surface area contributed by atoms with Crippen molar-refractivity contribution >= 4 is 17.3 Å². The topological polar surface area (TPSA) is 0 Å². The third kappa shape index (κ3) is 2.99. The van der Waals surface area contributed by atoms with Crippen LogP contribution in [0.2, 0.25) is 0 Å². The summed E-state index contributed by atoms with van der Waals surface area (Å²) in [6.45, 7) is 0. The highest BCUT2D eigenvalue weighted by Gasteiger charge is 2.06. The molecule has 0 fully saturated rings. The third-order valence-corrected chi connectivity index (χ3v) is 4.44. The largest absolute Gasteiger partial charge is 0.121 e. The summed E-state index contributed by atoms with van der Waals surface area (Å²) in [7, 11) is 0. The maximum absolute atomic E-state index is 2.24. The van der Waals surface area contributed by atoms with Crippen LogP contribution in [0, 0.1) is 0 Å². The molecule has 1 aliphatic rings. The van der Waals surface area contributed by atoms with E-state index in [1.165, 1.54) is 21.6 Å². The monoisotopic (exact) mass is 264 g/mol. The van der Waals surface area contributed by atoms with Gasteiger partial charge in [0.25, 0.3) is 0 Å². The Morgan fingerprint density at radius 3 is 2.53 bits per heavy atom. The molecule has 1 aliphatic heterocycles.